The number of hydrogen-bond acceptors (Lipinski definition) is 5. The van der Waals surface area contributed by atoms with Crippen LogP contribution in [0.1, 0.15) is 0 Å². The van der Waals surface area contributed by atoms with Crippen LogP contribution in [0.15, 0.2) is 66.9 Å². The minimum atomic E-state index is -0.289. The van der Waals surface area contributed by atoms with Crippen LogP contribution >= 0.6 is 0 Å². The number of hydrogen-bond donors (Lipinski definition) is 0. The lowest BCUT2D eigenvalue weighted by molar-refractivity contribution is 0.144. The molecule has 0 aliphatic heterocycles. The van der Waals surface area contributed by atoms with Crippen LogP contribution in [0.25, 0.3) is 33.4 Å². The van der Waals surface area contributed by atoms with Crippen molar-refractivity contribution in [3.8, 4) is 33.9 Å². The molecule has 6 heteroatoms. The van der Waals surface area contributed by atoms with Gasteiger partial charge in [0.25, 0.3) is 0 Å². The molecule has 0 saturated carbocycles. The molecule has 3 aromatic carbocycles. The van der Waals surface area contributed by atoms with Crippen LogP contribution in [-0.2, 0) is 4.74 Å². The van der Waals surface area contributed by atoms with Crippen molar-refractivity contribution in [1.29, 1.82) is 0 Å². The average molecular weight is 404 g/mol. The first-order valence-corrected chi connectivity index (χ1v) is 9.51. The monoisotopic (exact) mass is 404 g/mol. The van der Waals surface area contributed by atoms with Crippen LogP contribution in [0.4, 0.5) is 4.39 Å². The molecule has 152 valence electrons. The lowest BCUT2D eigenvalue weighted by Gasteiger charge is -2.12. The maximum absolute atomic E-state index is 13.8. The van der Waals surface area contributed by atoms with E-state index in [1.165, 1.54) is 12.1 Å². The van der Waals surface area contributed by atoms with Crippen molar-refractivity contribution in [2.75, 3.05) is 27.4 Å². The summed E-state index contributed by atoms with van der Waals surface area (Å²) in [4.78, 5) is 9.39. The quantitative estimate of drug-likeness (QED) is 0.400. The van der Waals surface area contributed by atoms with Crippen molar-refractivity contribution in [2.24, 2.45) is 0 Å². The fourth-order valence-electron chi connectivity index (χ4n) is 3.24. The van der Waals surface area contributed by atoms with Gasteiger partial charge in [0.1, 0.15) is 12.4 Å². The van der Waals surface area contributed by atoms with Gasteiger partial charge in [-0.1, -0.05) is 24.3 Å². The Morgan fingerprint density at radius 1 is 0.867 bits per heavy atom. The molecule has 4 aromatic rings. The van der Waals surface area contributed by atoms with E-state index in [2.05, 4.69) is 4.98 Å². The number of aromatic nitrogens is 2. The second-order valence-electron chi connectivity index (χ2n) is 6.65. The molecule has 1 aromatic heterocycles. The molecule has 0 atom stereocenters. The molecule has 0 N–H and O–H groups in total. The summed E-state index contributed by atoms with van der Waals surface area (Å²) in [7, 11) is 3.22. The fourth-order valence-corrected chi connectivity index (χ4v) is 3.24. The maximum atomic E-state index is 13.8. The van der Waals surface area contributed by atoms with Gasteiger partial charge in [0, 0.05) is 18.2 Å². The van der Waals surface area contributed by atoms with E-state index in [0.29, 0.717) is 35.9 Å². The van der Waals surface area contributed by atoms with Crippen LogP contribution < -0.4 is 9.47 Å². The van der Waals surface area contributed by atoms with Gasteiger partial charge in [0.15, 0.2) is 11.5 Å². The molecule has 0 aliphatic rings. The summed E-state index contributed by atoms with van der Waals surface area (Å²) < 4.78 is 30.0. The molecule has 0 spiro atoms. The zero-order valence-electron chi connectivity index (χ0n) is 16.8. The predicted octanol–water partition coefficient (Wildman–Crippen LogP) is 5.14. The highest BCUT2D eigenvalue weighted by atomic mass is 19.1. The molecule has 0 amide bonds. The number of benzene rings is 3. The number of rotatable bonds is 7. The topological polar surface area (TPSA) is 53.5 Å². The largest absolute Gasteiger partial charge is 0.493 e. The van der Waals surface area contributed by atoms with E-state index in [9.17, 15) is 4.39 Å². The normalized spacial score (nSPS) is 10.9. The summed E-state index contributed by atoms with van der Waals surface area (Å²) in [6, 6.07) is 17.8. The third-order valence-electron chi connectivity index (χ3n) is 4.71. The molecule has 0 aliphatic carbocycles. The highest BCUT2D eigenvalue weighted by Gasteiger charge is 2.12. The van der Waals surface area contributed by atoms with Crippen LogP contribution in [0.5, 0.6) is 11.5 Å². The number of nitrogens with zero attached hydrogens (tertiary/aromatic N) is 2. The van der Waals surface area contributed by atoms with Gasteiger partial charge in [-0.2, -0.15) is 0 Å². The summed E-state index contributed by atoms with van der Waals surface area (Å²) >= 11 is 0. The second-order valence-corrected chi connectivity index (χ2v) is 6.65. The highest BCUT2D eigenvalue weighted by Crippen LogP contribution is 2.33. The third kappa shape index (κ3) is 4.09. The van der Waals surface area contributed by atoms with Gasteiger partial charge < -0.3 is 14.2 Å². The van der Waals surface area contributed by atoms with Crippen LogP contribution in [-0.4, -0.2) is 37.4 Å². The number of ether oxygens (including phenoxy) is 3. The Morgan fingerprint density at radius 2 is 1.73 bits per heavy atom. The summed E-state index contributed by atoms with van der Waals surface area (Å²) in [5.74, 6) is 0.943. The van der Waals surface area contributed by atoms with Crippen LogP contribution in [0.3, 0.4) is 0 Å². The van der Waals surface area contributed by atoms with Crippen molar-refractivity contribution in [2.45, 2.75) is 0 Å². The maximum Gasteiger partial charge on any atom is 0.161 e. The van der Waals surface area contributed by atoms with E-state index in [-0.39, 0.29) is 5.82 Å². The van der Waals surface area contributed by atoms with Gasteiger partial charge in [-0.05, 0) is 42.0 Å². The first kappa shape index (κ1) is 19.8. The first-order chi connectivity index (χ1) is 14.7. The van der Waals surface area contributed by atoms with Gasteiger partial charge >= 0.3 is 0 Å². The van der Waals surface area contributed by atoms with E-state index in [4.69, 9.17) is 19.2 Å². The summed E-state index contributed by atoms with van der Waals surface area (Å²) in [6.07, 6.45) is 1.72. The molecular weight excluding hydrogens is 383 g/mol. The van der Waals surface area contributed by atoms with Crippen LogP contribution in [0, 0.1) is 5.82 Å². The highest BCUT2D eigenvalue weighted by molar-refractivity contribution is 5.92. The summed E-state index contributed by atoms with van der Waals surface area (Å²) in [5.41, 5.74) is 4.56. The Bertz CT molecular complexity index is 1180. The third-order valence-corrected chi connectivity index (χ3v) is 4.71. The fraction of sp³-hybridized carbons (Fsp3) is 0.167. The molecule has 0 unspecified atom stereocenters. The van der Waals surface area contributed by atoms with E-state index >= 15 is 0 Å². The molecular formula is C24H21FN2O3. The number of fused-ring (bicyclic) bond motifs is 1. The molecule has 1 heterocycles. The van der Waals surface area contributed by atoms with Crippen molar-refractivity contribution >= 4 is 11.0 Å². The number of halogens is 1. The lowest BCUT2D eigenvalue weighted by atomic mass is 10.0. The average Bonchev–Trinajstić information content (AvgIpc) is 2.78. The van der Waals surface area contributed by atoms with Crippen molar-refractivity contribution < 1.29 is 18.6 Å². The Labute approximate surface area is 174 Å². The molecule has 30 heavy (non-hydrogen) atoms. The van der Waals surface area contributed by atoms with Gasteiger partial charge in [-0.15, -0.1) is 0 Å². The Kier molecular flexibility index (Phi) is 5.86. The Morgan fingerprint density at radius 3 is 2.53 bits per heavy atom. The molecule has 5 nitrogen and oxygen atoms in total. The van der Waals surface area contributed by atoms with E-state index in [1.807, 2.05) is 42.5 Å². The number of methoxy groups -OCH3 is 2. The first-order valence-electron chi connectivity index (χ1n) is 9.51. The zero-order valence-corrected chi connectivity index (χ0v) is 16.8. The van der Waals surface area contributed by atoms with Gasteiger partial charge in [0.05, 0.1) is 36.6 Å². The van der Waals surface area contributed by atoms with Crippen molar-refractivity contribution in [3.63, 3.8) is 0 Å². The van der Waals surface area contributed by atoms with Gasteiger partial charge in [-0.25, -0.2) is 9.37 Å². The molecule has 0 bridgehead atoms. The summed E-state index contributed by atoms with van der Waals surface area (Å²) in [5, 5.41) is 0. The van der Waals surface area contributed by atoms with Crippen LogP contribution in [0.2, 0.25) is 0 Å². The predicted molar refractivity (Wildman–Crippen MR) is 114 cm³/mol. The molecule has 0 fully saturated rings. The van der Waals surface area contributed by atoms with E-state index in [1.54, 1.807) is 26.5 Å². The molecule has 0 radical (unpaired) electrons. The smallest absolute Gasteiger partial charge is 0.161 e. The lowest BCUT2D eigenvalue weighted by Crippen LogP contribution is -2.05. The van der Waals surface area contributed by atoms with E-state index in [0.717, 1.165) is 22.2 Å². The Balaban J connectivity index is 1.76. The van der Waals surface area contributed by atoms with Crippen molar-refractivity contribution in [3.05, 3.63) is 72.7 Å². The minimum Gasteiger partial charge on any atom is -0.493 e. The second kappa shape index (κ2) is 8.88. The molecule has 4 rings (SSSR count). The molecule has 0 saturated heterocycles. The standard InChI is InChI=1S/C24H21FN2O3/c1-28-11-12-30-22-10-9-17(14-23(22)29-2)21-15-26-20-8-4-7-19(24(20)27-21)16-5-3-6-18(25)13-16/h3-10,13-15H,11-12H2,1-2H3. The van der Waals surface area contributed by atoms with Gasteiger partial charge in [0.2, 0.25) is 0 Å². The number of para-hydroxylation sites is 1. The zero-order chi connectivity index (χ0) is 20.9. The minimum absolute atomic E-state index is 0.289. The van der Waals surface area contributed by atoms with Gasteiger partial charge in [-0.3, -0.25) is 4.98 Å². The van der Waals surface area contributed by atoms with E-state index < -0.39 is 0 Å². The SMILES string of the molecule is COCCOc1ccc(-c2cnc3cccc(-c4cccc(F)c4)c3n2)cc1OC. The van der Waals surface area contributed by atoms with Crippen molar-refractivity contribution in [1.82, 2.24) is 9.97 Å². The Hall–Kier alpha value is -3.51. The summed E-state index contributed by atoms with van der Waals surface area (Å²) in [6.45, 7) is 0.920.